The second-order valence-electron chi connectivity index (χ2n) is 9.31. The number of nitrogens with one attached hydrogen (secondary N) is 1. The molecule has 178 valence electrons. The van der Waals surface area contributed by atoms with Gasteiger partial charge in [0.2, 0.25) is 11.8 Å². The number of hydrogen-bond acceptors (Lipinski definition) is 6. The van der Waals surface area contributed by atoms with Gasteiger partial charge in [0.15, 0.2) is 0 Å². The Hall–Kier alpha value is -3.04. The summed E-state index contributed by atoms with van der Waals surface area (Å²) in [6, 6.07) is 10.0. The number of morpholine rings is 1. The van der Waals surface area contributed by atoms with Gasteiger partial charge in [-0.3, -0.25) is 19.7 Å². The van der Waals surface area contributed by atoms with Gasteiger partial charge >= 0.3 is 0 Å². The monoisotopic (exact) mass is 479 g/mol. The number of ether oxygens (including phenoxy) is 2. The lowest BCUT2D eigenvalue weighted by atomic mass is 9.56. The van der Waals surface area contributed by atoms with Crippen molar-refractivity contribution in [3.8, 4) is 5.75 Å². The Morgan fingerprint density at radius 3 is 2.61 bits per heavy atom. The maximum absolute atomic E-state index is 13.0. The van der Waals surface area contributed by atoms with E-state index in [4.69, 9.17) is 33.0 Å². The van der Waals surface area contributed by atoms with Crippen molar-refractivity contribution in [3.05, 3.63) is 58.7 Å². The first-order valence-electron chi connectivity index (χ1n) is 11.9. The number of amides is 3. The van der Waals surface area contributed by atoms with E-state index in [1.807, 2.05) is 17.0 Å². The summed E-state index contributed by atoms with van der Waals surface area (Å²) in [6.07, 6.45) is 0.505. The number of piperidine rings is 1. The lowest BCUT2D eigenvalue weighted by Gasteiger charge is -2.42. The minimum absolute atomic E-state index is 0.175. The average Bonchev–Trinajstić information content (AvgIpc) is 3.20. The molecule has 36 heavy (non-hydrogen) atoms. The molecular weight excluding hydrogens is 455 g/mol. The highest BCUT2D eigenvalue weighted by atomic mass is 16.5. The normalized spacial score (nSPS) is 20.8. The van der Waals surface area contributed by atoms with Crippen molar-refractivity contribution in [2.24, 2.45) is 0 Å². The highest BCUT2D eigenvalue weighted by Crippen LogP contribution is 2.34. The molecule has 6 radical (unpaired) electrons. The van der Waals surface area contributed by atoms with E-state index in [0.717, 1.165) is 5.56 Å². The number of imide groups is 1. The van der Waals surface area contributed by atoms with E-state index >= 15 is 0 Å². The molecule has 2 fully saturated rings. The molecule has 0 saturated carbocycles. The first kappa shape index (κ1) is 24.7. The van der Waals surface area contributed by atoms with Crippen LogP contribution in [0.15, 0.2) is 36.4 Å². The van der Waals surface area contributed by atoms with E-state index in [0.29, 0.717) is 60.6 Å². The SMILES string of the molecule is [B]c1cc(C([B])([B])N2CCOCC2)ccc1COc1cccc2c1CN(C1CCC(=O)NC1=O)C2=O. The van der Waals surface area contributed by atoms with Crippen LogP contribution in [0.4, 0.5) is 0 Å². The van der Waals surface area contributed by atoms with Crippen LogP contribution >= 0.6 is 0 Å². The number of rotatable bonds is 6. The number of fused-ring (bicyclic) bond motifs is 1. The third kappa shape index (κ3) is 4.57. The molecule has 3 amide bonds. The highest BCUT2D eigenvalue weighted by Gasteiger charge is 2.40. The molecule has 3 aliphatic heterocycles. The van der Waals surface area contributed by atoms with E-state index < -0.39 is 17.3 Å². The van der Waals surface area contributed by atoms with Crippen LogP contribution in [-0.4, -0.2) is 83.4 Å². The van der Waals surface area contributed by atoms with Crippen LogP contribution in [0.2, 0.25) is 0 Å². The quantitative estimate of drug-likeness (QED) is 0.449. The minimum atomic E-state index is -1.17. The van der Waals surface area contributed by atoms with Crippen LogP contribution in [-0.2, 0) is 32.8 Å². The molecule has 0 bridgehead atoms. The van der Waals surface area contributed by atoms with Crippen molar-refractivity contribution in [1.29, 1.82) is 0 Å². The lowest BCUT2D eigenvalue weighted by molar-refractivity contribution is -0.136. The summed E-state index contributed by atoms with van der Waals surface area (Å²) in [4.78, 5) is 40.3. The third-order valence-corrected chi connectivity index (χ3v) is 7.06. The van der Waals surface area contributed by atoms with Gasteiger partial charge in [0.05, 0.1) is 35.5 Å². The van der Waals surface area contributed by atoms with Crippen molar-refractivity contribution in [2.45, 2.75) is 37.4 Å². The summed E-state index contributed by atoms with van der Waals surface area (Å²) < 4.78 is 11.5. The Bertz CT molecular complexity index is 1220. The maximum Gasteiger partial charge on any atom is 0.255 e. The molecule has 11 heteroatoms. The number of carbonyl (C=O) groups excluding carboxylic acids is 3. The topological polar surface area (TPSA) is 88.2 Å². The second-order valence-corrected chi connectivity index (χ2v) is 9.31. The second kappa shape index (κ2) is 9.79. The fourth-order valence-corrected chi connectivity index (χ4v) is 4.94. The summed E-state index contributed by atoms with van der Waals surface area (Å²) in [6.45, 7) is 2.81. The van der Waals surface area contributed by atoms with Gasteiger partial charge in [0.25, 0.3) is 5.91 Å². The standard InChI is InChI=1S/C25H24B3N3O5/c26-19-12-16(25(27,28)30-8-10-35-11-9-30)5-4-15(19)14-36-21-3-1-2-17-18(21)13-31(24(17)34)20-6-7-22(32)29-23(20)33/h1-5,12,20H,6-11,13-14H2,(H,29,32,33). The van der Waals surface area contributed by atoms with Crippen LogP contribution in [0.1, 0.15) is 39.9 Å². The zero-order chi connectivity index (χ0) is 25.4. The van der Waals surface area contributed by atoms with Gasteiger partial charge in [-0.15, -0.1) is 0 Å². The Balaban J connectivity index is 1.30. The molecule has 3 heterocycles. The van der Waals surface area contributed by atoms with Gasteiger partial charge in [0, 0.05) is 30.6 Å². The Labute approximate surface area is 213 Å². The minimum Gasteiger partial charge on any atom is -0.489 e. The van der Waals surface area contributed by atoms with E-state index in [1.165, 1.54) is 4.90 Å². The van der Waals surface area contributed by atoms with Gasteiger partial charge < -0.3 is 19.3 Å². The van der Waals surface area contributed by atoms with Gasteiger partial charge in [-0.05, 0) is 35.0 Å². The lowest BCUT2D eigenvalue weighted by Crippen LogP contribution is -2.52. The molecule has 3 aliphatic rings. The van der Waals surface area contributed by atoms with E-state index in [-0.39, 0.29) is 31.4 Å². The number of benzene rings is 2. The van der Waals surface area contributed by atoms with Crippen molar-refractivity contribution in [3.63, 3.8) is 0 Å². The highest BCUT2D eigenvalue weighted by molar-refractivity contribution is 6.40. The number of nitrogens with zero attached hydrogens (tertiary/aromatic N) is 2. The zero-order valence-electron chi connectivity index (χ0n) is 19.9. The van der Waals surface area contributed by atoms with Crippen molar-refractivity contribution in [1.82, 2.24) is 15.1 Å². The molecule has 1 atom stereocenters. The molecule has 5 rings (SSSR count). The maximum atomic E-state index is 13.0. The van der Waals surface area contributed by atoms with E-state index in [2.05, 4.69) is 5.32 Å². The predicted molar refractivity (Wildman–Crippen MR) is 134 cm³/mol. The van der Waals surface area contributed by atoms with Crippen LogP contribution in [0, 0.1) is 0 Å². The first-order valence-corrected chi connectivity index (χ1v) is 11.9. The first-order chi connectivity index (χ1) is 17.3. The number of carbonyl (C=O) groups is 3. The van der Waals surface area contributed by atoms with Gasteiger partial charge in [0.1, 0.15) is 26.2 Å². The summed E-state index contributed by atoms with van der Waals surface area (Å²) in [5.74, 6) is -0.478. The molecule has 0 spiro atoms. The number of hydrogen-bond donors (Lipinski definition) is 1. The molecule has 2 aromatic rings. The van der Waals surface area contributed by atoms with E-state index in [9.17, 15) is 14.4 Å². The summed E-state index contributed by atoms with van der Waals surface area (Å²) >= 11 is 0. The smallest absolute Gasteiger partial charge is 0.255 e. The summed E-state index contributed by atoms with van der Waals surface area (Å²) in [5, 5.41) is 1.14. The Kier molecular flexibility index (Phi) is 6.70. The largest absolute Gasteiger partial charge is 0.489 e. The molecule has 2 saturated heterocycles. The van der Waals surface area contributed by atoms with Gasteiger partial charge in [-0.2, -0.15) is 0 Å². The average molecular weight is 479 g/mol. The fourth-order valence-electron chi connectivity index (χ4n) is 4.94. The van der Waals surface area contributed by atoms with Crippen LogP contribution in [0.5, 0.6) is 5.75 Å². The molecule has 8 nitrogen and oxygen atoms in total. The molecule has 2 aromatic carbocycles. The van der Waals surface area contributed by atoms with Gasteiger partial charge in [-0.25, -0.2) is 0 Å². The third-order valence-electron chi connectivity index (χ3n) is 7.06. The summed E-state index contributed by atoms with van der Waals surface area (Å²) in [7, 11) is 19.2. The van der Waals surface area contributed by atoms with Crippen molar-refractivity contribution >= 4 is 46.7 Å². The molecular formula is C25H24B3N3O5. The zero-order valence-corrected chi connectivity index (χ0v) is 19.9. The summed E-state index contributed by atoms with van der Waals surface area (Å²) in [5.41, 5.74) is 3.13. The molecule has 0 aromatic heterocycles. The van der Waals surface area contributed by atoms with Gasteiger partial charge in [-0.1, -0.05) is 29.7 Å². The van der Waals surface area contributed by atoms with Crippen LogP contribution in [0.25, 0.3) is 0 Å². The molecule has 1 N–H and O–H groups in total. The molecule has 1 unspecified atom stereocenters. The fraction of sp³-hybridized carbons (Fsp3) is 0.400. The van der Waals surface area contributed by atoms with Crippen LogP contribution < -0.4 is 15.5 Å². The van der Waals surface area contributed by atoms with Crippen LogP contribution in [0.3, 0.4) is 0 Å². The van der Waals surface area contributed by atoms with Crippen molar-refractivity contribution in [2.75, 3.05) is 26.3 Å². The Morgan fingerprint density at radius 2 is 1.89 bits per heavy atom. The predicted octanol–water partition coefficient (Wildman–Crippen LogP) is -0.400. The van der Waals surface area contributed by atoms with Crippen molar-refractivity contribution < 1.29 is 23.9 Å². The molecule has 0 aliphatic carbocycles. The van der Waals surface area contributed by atoms with E-state index in [1.54, 1.807) is 24.3 Å². The Morgan fingerprint density at radius 1 is 1.11 bits per heavy atom.